The van der Waals surface area contributed by atoms with E-state index in [0.717, 1.165) is 0 Å². The third-order valence-corrected chi connectivity index (χ3v) is 1.99. The average Bonchev–Trinajstić information content (AvgIpc) is 2.19. The van der Waals surface area contributed by atoms with E-state index in [4.69, 9.17) is 5.11 Å². The zero-order valence-corrected chi connectivity index (χ0v) is 9.11. The maximum absolute atomic E-state index is 11.6. The van der Waals surface area contributed by atoms with Crippen LogP contribution in [-0.4, -0.2) is 46.9 Å². The quantitative estimate of drug-likeness (QED) is 0.617. The molecule has 86 valence electrons. The summed E-state index contributed by atoms with van der Waals surface area (Å²) >= 11 is 0. The first-order valence-electron chi connectivity index (χ1n) is 4.76. The lowest BCUT2D eigenvalue weighted by molar-refractivity contribution is -0.151. The van der Waals surface area contributed by atoms with Crippen molar-refractivity contribution in [1.82, 2.24) is 10.2 Å². The molecule has 1 unspecified atom stereocenters. The molecule has 0 radical (unpaired) electrons. The first kappa shape index (κ1) is 13.4. The van der Waals surface area contributed by atoms with Gasteiger partial charge in [-0.2, -0.15) is 0 Å². The van der Waals surface area contributed by atoms with Crippen molar-refractivity contribution < 1.29 is 19.5 Å². The second-order valence-electron chi connectivity index (χ2n) is 3.01. The Morgan fingerprint density at radius 2 is 1.73 bits per heavy atom. The number of hydrogen-bond acceptors (Lipinski definition) is 3. The number of nitrogens with zero attached hydrogens (tertiary/aromatic N) is 1. The largest absolute Gasteiger partial charge is 0.474 e. The Kier molecular flexibility index (Phi) is 5.36. The van der Waals surface area contributed by atoms with E-state index in [2.05, 4.69) is 5.32 Å². The van der Waals surface area contributed by atoms with Gasteiger partial charge in [0.05, 0.1) is 0 Å². The Balaban J connectivity index is 4.32. The average molecular weight is 216 g/mol. The molecule has 0 aromatic carbocycles. The first-order valence-corrected chi connectivity index (χ1v) is 4.76. The van der Waals surface area contributed by atoms with Gasteiger partial charge in [0.2, 0.25) is 5.91 Å². The molecule has 0 aliphatic heterocycles. The molecule has 0 aromatic heterocycles. The van der Waals surface area contributed by atoms with Gasteiger partial charge in [0, 0.05) is 13.1 Å². The van der Waals surface area contributed by atoms with Crippen LogP contribution in [0.15, 0.2) is 0 Å². The molecule has 2 amide bonds. The van der Waals surface area contributed by atoms with Gasteiger partial charge in [-0.3, -0.25) is 9.59 Å². The number of aliphatic carboxylic acids is 1. The van der Waals surface area contributed by atoms with Gasteiger partial charge in [-0.15, -0.1) is 0 Å². The zero-order chi connectivity index (χ0) is 12.0. The Labute approximate surface area is 88.2 Å². The van der Waals surface area contributed by atoms with Crippen molar-refractivity contribution >= 4 is 17.8 Å². The molecule has 0 heterocycles. The van der Waals surface area contributed by atoms with Crippen molar-refractivity contribution in [3.05, 3.63) is 0 Å². The molecule has 6 heteroatoms. The zero-order valence-electron chi connectivity index (χ0n) is 9.11. The number of carboxylic acids is 1. The van der Waals surface area contributed by atoms with Crippen LogP contribution >= 0.6 is 0 Å². The smallest absolute Gasteiger partial charge is 0.394 e. The van der Waals surface area contributed by atoms with E-state index in [1.165, 1.54) is 11.8 Å². The van der Waals surface area contributed by atoms with Gasteiger partial charge in [-0.25, -0.2) is 4.79 Å². The van der Waals surface area contributed by atoms with E-state index in [9.17, 15) is 14.4 Å². The number of carbonyl (C=O) groups is 3. The Morgan fingerprint density at radius 1 is 1.27 bits per heavy atom. The minimum Gasteiger partial charge on any atom is -0.474 e. The lowest BCUT2D eigenvalue weighted by Gasteiger charge is -2.22. The maximum atomic E-state index is 11.6. The monoisotopic (exact) mass is 216 g/mol. The predicted octanol–water partition coefficient (Wildman–Crippen LogP) is -0.556. The minimum absolute atomic E-state index is 0.283. The van der Waals surface area contributed by atoms with Crippen LogP contribution in [0.4, 0.5) is 0 Å². The van der Waals surface area contributed by atoms with Crippen molar-refractivity contribution in [2.75, 3.05) is 13.1 Å². The summed E-state index contributed by atoms with van der Waals surface area (Å²) in [5, 5.41) is 10.4. The summed E-state index contributed by atoms with van der Waals surface area (Å²) in [6.07, 6.45) is 0. The van der Waals surface area contributed by atoms with Crippen LogP contribution in [0.25, 0.3) is 0 Å². The van der Waals surface area contributed by atoms with Crippen molar-refractivity contribution in [2.24, 2.45) is 0 Å². The fourth-order valence-corrected chi connectivity index (χ4v) is 1.13. The van der Waals surface area contributed by atoms with Crippen LogP contribution in [0.1, 0.15) is 20.8 Å². The Morgan fingerprint density at radius 3 is 2.07 bits per heavy atom. The van der Waals surface area contributed by atoms with E-state index >= 15 is 0 Å². The van der Waals surface area contributed by atoms with Crippen LogP contribution < -0.4 is 5.32 Å². The molecule has 1 atom stereocenters. The van der Waals surface area contributed by atoms with E-state index in [0.29, 0.717) is 13.1 Å². The normalized spacial score (nSPS) is 11.7. The fourth-order valence-electron chi connectivity index (χ4n) is 1.13. The highest BCUT2D eigenvalue weighted by Gasteiger charge is 2.22. The molecule has 0 aliphatic rings. The van der Waals surface area contributed by atoms with Crippen molar-refractivity contribution in [3.63, 3.8) is 0 Å². The van der Waals surface area contributed by atoms with Crippen molar-refractivity contribution in [1.29, 1.82) is 0 Å². The highest BCUT2D eigenvalue weighted by Crippen LogP contribution is 1.94. The standard InChI is InChI=1S/C9H16N2O4/c1-4-11(5-2)8(13)6(3)10-7(12)9(14)15/h6H,4-5H2,1-3H3,(H,10,12)(H,14,15). The third kappa shape index (κ3) is 3.97. The van der Waals surface area contributed by atoms with Crippen LogP contribution in [0.3, 0.4) is 0 Å². The van der Waals surface area contributed by atoms with Crippen LogP contribution in [-0.2, 0) is 14.4 Å². The van der Waals surface area contributed by atoms with Gasteiger partial charge in [0.1, 0.15) is 6.04 Å². The fraction of sp³-hybridized carbons (Fsp3) is 0.667. The first-order chi connectivity index (χ1) is 6.93. The number of amides is 2. The summed E-state index contributed by atoms with van der Waals surface area (Å²) in [5.41, 5.74) is 0. The van der Waals surface area contributed by atoms with Gasteiger partial charge >= 0.3 is 11.9 Å². The molecule has 0 fully saturated rings. The lowest BCUT2D eigenvalue weighted by atomic mass is 10.2. The predicted molar refractivity (Wildman–Crippen MR) is 53.2 cm³/mol. The molecule has 2 N–H and O–H groups in total. The van der Waals surface area contributed by atoms with Gasteiger partial charge in [-0.1, -0.05) is 0 Å². The second-order valence-corrected chi connectivity index (χ2v) is 3.01. The summed E-state index contributed by atoms with van der Waals surface area (Å²) in [6, 6.07) is -0.812. The number of carboxylic acid groups (broad SMARTS) is 1. The number of nitrogens with one attached hydrogen (secondary N) is 1. The highest BCUT2D eigenvalue weighted by molar-refractivity contribution is 6.31. The molecule has 6 nitrogen and oxygen atoms in total. The number of rotatable bonds is 4. The molecule has 0 saturated heterocycles. The summed E-state index contributed by atoms with van der Waals surface area (Å²) in [4.78, 5) is 34.1. The maximum Gasteiger partial charge on any atom is 0.394 e. The summed E-state index contributed by atoms with van der Waals surface area (Å²) < 4.78 is 0. The van der Waals surface area contributed by atoms with E-state index in [-0.39, 0.29) is 5.91 Å². The second kappa shape index (κ2) is 6.00. The Hall–Kier alpha value is -1.59. The van der Waals surface area contributed by atoms with Gasteiger partial charge in [0.25, 0.3) is 0 Å². The van der Waals surface area contributed by atoms with E-state index < -0.39 is 17.9 Å². The lowest BCUT2D eigenvalue weighted by Crippen LogP contribution is -2.48. The third-order valence-electron chi connectivity index (χ3n) is 1.99. The summed E-state index contributed by atoms with van der Waals surface area (Å²) in [6.45, 7) is 6.15. The van der Waals surface area contributed by atoms with Gasteiger partial charge in [0.15, 0.2) is 0 Å². The Bertz CT molecular complexity index is 261. The van der Waals surface area contributed by atoms with E-state index in [1.807, 2.05) is 13.8 Å². The number of likely N-dealkylation sites (N-methyl/N-ethyl adjacent to an activating group) is 1. The minimum atomic E-state index is -1.59. The molecular weight excluding hydrogens is 200 g/mol. The SMILES string of the molecule is CCN(CC)C(=O)C(C)NC(=O)C(=O)O. The van der Waals surface area contributed by atoms with Crippen LogP contribution in [0.2, 0.25) is 0 Å². The molecule has 0 bridgehead atoms. The summed E-state index contributed by atoms with van der Waals surface area (Å²) in [5.74, 6) is -3.04. The number of carbonyl (C=O) groups excluding carboxylic acids is 2. The summed E-state index contributed by atoms with van der Waals surface area (Å²) in [7, 11) is 0. The van der Waals surface area contributed by atoms with Crippen LogP contribution in [0, 0.1) is 0 Å². The highest BCUT2D eigenvalue weighted by atomic mass is 16.4. The molecule has 0 rings (SSSR count). The van der Waals surface area contributed by atoms with Gasteiger partial charge < -0.3 is 15.3 Å². The van der Waals surface area contributed by atoms with Crippen molar-refractivity contribution in [2.45, 2.75) is 26.8 Å². The van der Waals surface area contributed by atoms with E-state index in [1.54, 1.807) is 0 Å². The molecule has 0 aliphatic carbocycles. The van der Waals surface area contributed by atoms with Crippen molar-refractivity contribution in [3.8, 4) is 0 Å². The molecular formula is C9H16N2O4. The number of hydrogen-bond donors (Lipinski definition) is 2. The molecule has 15 heavy (non-hydrogen) atoms. The topological polar surface area (TPSA) is 86.7 Å². The van der Waals surface area contributed by atoms with Crippen LogP contribution in [0.5, 0.6) is 0 Å². The molecule has 0 spiro atoms. The van der Waals surface area contributed by atoms with Gasteiger partial charge in [-0.05, 0) is 20.8 Å². The molecule has 0 aromatic rings. The molecule has 0 saturated carbocycles.